The van der Waals surface area contributed by atoms with E-state index in [0.29, 0.717) is 23.1 Å². The molecule has 0 N–H and O–H groups in total. The summed E-state index contributed by atoms with van der Waals surface area (Å²) in [5.74, 6) is -0.214. The van der Waals surface area contributed by atoms with Crippen LogP contribution in [0, 0.1) is 0 Å². The van der Waals surface area contributed by atoms with E-state index in [0.717, 1.165) is 27.1 Å². The normalized spacial score (nSPS) is 20.0. The van der Waals surface area contributed by atoms with Crippen molar-refractivity contribution >= 4 is 38.1 Å². The van der Waals surface area contributed by atoms with Crippen LogP contribution in [0.25, 0.3) is 11.1 Å². The fourth-order valence-electron chi connectivity index (χ4n) is 4.43. The molecule has 4 atom stereocenters. The first-order valence-electron chi connectivity index (χ1n) is 10.5. The summed E-state index contributed by atoms with van der Waals surface area (Å²) in [5, 5.41) is 2.83. The molecular weight excluding hydrogens is 464 g/mol. The Morgan fingerprint density at radius 1 is 1.41 bits per heavy atom. The van der Waals surface area contributed by atoms with Crippen LogP contribution >= 0.6 is 32.2 Å². The van der Waals surface area contributed by atoms with Crippen molar-refractivity contribution in [3.8, 4) is 11.1 Å². The number of carbonyl (C=O) groups is 1. The van der Waals surface area contributed by atoms with Crippen LogP contribution in [-0.2, 0) is 16.7 Å². The molecule has 3 heterocycles. The highest BCUT2D eigenvalue weighted by molar-refractivity contribution is 7.18. The predicted molar refractivity (Wildman–Crippen MR) is 133 cm³/mol. The summed E-state index contributed by atoms with van der Waals surface area (Å²) in [5.41, 5.74) is 4.18. The molecule has 4 nitrogen and oxygen atoms in total. The lowest BCUT2D eigenvalue weighted by atomic mass is 9.82. The monoisotopic (exact) mass is 489 g/mol. The number of rotatable bonds is 5. The quantitative estimate of drug-likeness (QED) is 0.302. The topological polar surface area (TPSA) is 38.1 Å². The summed E-state index contributed by atoms with van der Waals surface area (Å²) in [7, 11) is 2.25. The van der Waals surface area contributed by atoms with Gasteiger partial charge in [-0.1, -0.05) is 51.7 Å². The zero-order valence-corrected chi connectivity index (χ0v) is 21.0. The summed E-state index contributed by atoms with van der Waals surface area (Å²) in [6.45, 7) is 10.3. The minimum Gasteiger partial charge on any atom is -0.331 e. The largest absolute Gasteiger partial charge is 0.331 e. The molecule has 8 heteroatoms. The Labute approximate surface area is 199 Å². The number of benzene rings is 1. The number of alkyl halides is 1. The van der Waals surface area contributed by atoms with Gasteiger partial charge in [0.1, 0.15) is 5.69 Å². The first kappa shape index (κ1) is 23.2. The van der Waals surface area contributed by atoms with E-state index >= 15 is 4.39 Å². The minimum absolute atomic E-state index is 0.0870. The van der Waals surface area contributed by atoms with E-state index in [1.54, 1.807) is 4.68 Å². The number of aromatic nitrogens is 2. The Hall–Kier alpha value is -2.01. The van der Waals surface area contributed by atoms with Gasteiger partial charge in [-0.15, -0.1) is 11.3 Å². The van der Waals surface area contributed by atoms with E-state index in [2.05, 4.69) is 20.9 Å². The van der Waals surface area contributed by atoms with Gasteiger partial charge in [0.25, 0.3) is 0 Å². The van der Waals surface area contributed by atoms with Crippen molar-refractivity contribution in [2.75, 3.05) is 6.54 Å². The Kier molecular flexibility index (Phi) is 6.32. The number of fused-ring (bicyclic) bond motifs is 1. The van der Waals surface area contributed by atoms with Crippen LogP contribution in [0.5, 0.6) is 0 Å². The number of hydrogen-bond donors (Lipinski definition) is 0. The molecule has 0 fully saturated rings. The molecular formula is C24H26ClFN3OPS. The molecule has 2 aromatic heterocycles. The fourth-order valence-corrected chi connectivity index (χ4v) is 6.02. The molecule has 4 rings (SSSR count). The summed E-state index contributed by atoms with van der Waals surface area (Å²) in [4.78, 5) is 15.6. The number of carbonyl (C=O) groups excluding carboxylic acids is 1. The summed E-state index contributed by atoms with van der Waals surface area (Å²) >= 11 is 7.93. The molecule has 0 bridgehead atoms. The zero-order valence-electron chi connectivity index (χ0n) is 18.3. The summed E-state index contributed by atoms with van der Waals surface area (Å²) in [6.07, 6.45) is 3.25. The fraction of sp³-hybridized carbons (Fsp3) is 0.333. The summed E-state index contributed by atoms with van der Waals surface area (Å²) in [6, 6.07) is 9.88. The summed E-state index contributed by atoms with van der Waals surface area (Å²) < 4.78 is 17.6. The van der Waals surface area contributed by atoms with Gasteiger partial charge in [0, 0.05) is 35.6 Å². The van der Waals surface area contributed by atoms with Gasteiger partial charge in [-0.25, -0.2) is 4.39 Å². The van der Waals surface area contributed by atoms with Crippen molar-refractivity contribution in [1.82, 2.24) is 14.7 Å². The average molecular weight is 490 g/mol. The van der Waals surface area contributed by atoms with Crippen LogP contribution < -0.4 is 0 Å². The van der Waals surface area contributed by atoms with Crippen molar-refractivity contribution in [2.45, 2.75) is 44.7 Å². The Morgan fingerprint density at radius 3 is 2.78 bits per heavy atom. The van der Waals surface area contributed by atoms with Crippen LogP contribution in [-0.4, -0.2) is 27.1 Å². The van der Waals surface area contributed by atoms with Crippen LogP contribution in [0.3, 0.4) is 0 Å². The number of halogens is 2. The highest BCUT2D eigenvalue weighted by atomic mass is 35.5. The number of amides is 1. The molecule has 0 radical (unpaired) electrons. The third kappa shape index (κ3) is 4.05. The van der Waals surface area contributed by atoms with Crippen LogP contribution in [0.1, 0.15) is 54.4 Å². The maximum absolute atomic E-state index is 15.1. The van der Waals surface area contributed by atoms with Gasteiger partial charge in [-0.05, 0) is 49.6 Å². The molecule has 1 amide bonds. The van der Waals surface area contributed by atoms with E-state index in [9.17, 15) is 4.79 Å². The van der Waals surface area contributed by atoms with Gasteiger partial charge in [0.2, 0.25) is 5.91 Å². The van der Waals surface area contributed by atoms with Crippen molar-refractivity contribution in [2.24, 2.45) is 0 Å². The van der Waals surface area contributed by atoms with E-state index in [-0.39, 0.29) is 17.9 Å². The lowest BCUT2D eigenvalue weighted by molar-refractivity contribution is -0.128. The molecule has 0 aliphatic carbocycles. The van der Waals surface area contributed by atoms with Crippen molar-refractivity contribution in [1.29, 1.82) is 0 Å². The second kappa shape index (κ2) is 8.74. The van der Waals surface area contributed by atoms with Gasteiger partial charge < -0.3 is 4.90 Å². The molecule has 32 heavy (non-hydrogen) atoms. The lowest BCUT2D eigenvalue weighted by Gasteiger charge is -2.38. The van der Waals surface area contributed by atoms with Gasteiger partial charge in [0.15, 0.2) is 5.41 Å². The van der Waals surface area contributed by atoms with Crippen molar-refractivity contribution < 1.29 is 9.18 Å². The molecule has 1 aromatic carbocycles. The smallest absolute Gasteiger partial charge is 0.246 e. The molecule has 0 saturated heterocycles. The Balaban J connectivity index is 1.92. The maximum Gasteiger partial charge on any atom is 0.246 e. The highest BCUT2D eigenvalue weighted by Crippen LogP contribution is 2.48. The number of thiophene rings is 1. The highest BCUT2D eigenvalue weighted by Gasteiger charge is 2.37. The number of nitrogens with zero attached hydrogens (tertiary/aromatic N) is 3. The van der Waals surface area contributed by atoms with Gasteiger partial charge in [0.05, 0.1) is 10.4 Å². The zero-order chi connectivity index (χ0) is 23.2. The van der Waals surface area contributed by atoms with Gasteiger partial charge in [-0.2, -0.15) is 5.10 Å². The molecule has 4 unspecified atom stereocenters. The van der Waals surface area contributed by atoms with Crippen molar-refractivity contribution in [3.63, 3.8) is 0 Å². The van der Waals surface area contributed by atoms with Gasteiger partial charge in [-0.3, -0.25) is 9.48 Å². The molecule has 1 aliphatic rings. The SMILES string of the molecule is C=CC(=O)N1CC(c2ccccc2-c2cn(CC)nc2C(C)(F)P)c2cc(Cl)sc2C1C. The standard InChI is InChI=1S/C24H26ClFN3OPS/c1-5-21(30)29-13-18(17-11-20(25)32-22(17)14(29)3)15-9-7-8-10-16(15)19-12-28(6-2)27-23(19)24(4,26)31/h5,7-12,14,18H,1,6,13,31H2,2-4H3. The lowest BCUT2D eigenvalue weighted by Crippen LogP contribution is -2.39. The maximum atomic E-state index is 15.1. The Morgan fingerprint density at radius 2 is 2.12 bits per heavy atom. The number of hydrogen-bond acceptors (Lipinski definition) is 3. The molecule has 0 saturated carbocycles. The average Bonchev–Trinajstić information content (AvgIpc) is 3.37. The predicted octanol–water partition coefficient (Wildman–Crippen LogP) is 6.52. The Bertz CT molecular complexity index is 1180. The molecule has 0 spiro atoms. The van der Waals surface area contributed by atoms with Crippen LogP contribution in [0.4, 0.5) is 4.39 Å². The van der Waals surface area contributed by atoms with Crippen molar-refractivity contribution in [3.05, 3.63) is 75.2 Å². The van der Waals surface area contributed by atoms with Crippen LogP contribution in [0.2, 0.25) is 4.34 Å². The molecule has 3 aromatic rings. The van der Waals surface area contributed by atoms with E-state index in [1.165, 1.54) is 24.3 Å². The van der Waals surface area contributed by atoms with E-state index < -0.39 is 5.41 Å². The van der Waals surface area contributed by atoms with Gasteiger partial charge >= 0.3 is 0 Å². The molecule has 1 aliphatic heterocycles. The van der Waals surface area contributed by atoms with Crippen LogP contribution in [0.15, 0.2) is 49.2 Å². The second-order valence-electron chi connectivity index (χ2n) is 8.20. The second-order valence-corrected chi connectivity index (χ2v) is 11.0. The number of aryl methyl sites for hydroxylation is 1. The minimum atomic E-state index is -1.67. The van der Waals surface area contributed by atoms with E-state index in [4.69, 9.17) is 11.6 Å². The molecule has 168 valence electrons. The first-order valence-corrected chi connectivity index (χ1v) is 12.3. The van der Waals surface area contributed by atoms with E-state index in [1.807, 2.05) is 55.3 Å². The first-order chi connectivity index (χ1) is 15.2. The third-order valence-corrected chi connectivity index (χ3v) is 7.72. The third-order valence-electron chi connectivity index (χ3n) is 6.00.